The highest BCUT2D eigenvalue weighted by atomic mass is 16.6. The Bertz CT molecular complexity index is 1080. The van der Waals surface area contributed by atoms with Crippen molar-refractivity contribution < 1.29 is 33.8 Å². The average Bonchev–Trinajstić information content (AvgIpc) is 3.43. The van der Waals surface area contributed by atoms with Gasteiger partial charge in [-0.25, -0.2) is 0 Å². The lowest BCUT2D eigenvalue weighted by Gasteiger charge is -2.27. The van der Waals surface area contributed by atoms with E-state index in [1.54, 1.807) is 25.1 Å². The number of rotatable bonds is 14. The molecule has 0 aromatic heterocycles. The second-order valence-electron chi connectivity index (χ2n) is 11.8. The Labute approximate surface area is 241 Å². The summed E-state index contributed by atoms with van der Waals surface area (Å²) in [4.78, 5) is 54.9. The van der Waals surface area contributed by atoms with Crippen LogP contribution in [0.3, 0.4) is 0 Å². The number of morpholine rings is 1. The highest BCUT2D eigenvalue weighted by molar-refractivity contribution is 5.95. The van der Waals surface area contributed by atoms with Crippen LogP contribution < -0.4 is 16.0 Å². The van der Waals surface area contributed by atoms with Gasteiger partial charge in [0.25, 0.3) is 0 Å². The zero-order valence-corrected chi connectivity index (χ0v) is 24.2. The number of aliphatic hydroxyl groups excluding tert-OH is 1. The van der Waals surface area contributed by atoms with E-state index in [4.69, 9.17) is 9.47 Å². The standard InChI is InChI=1S/C30H44N4O7/c1-20(31-26(36)17-34-10-12-40-13-11-34)28(38)32-24(15-21-6-5-7-22(14-21)18-35)29(39)33-25(16-30(2)19-41-30)27(37)23-8-3-4-9-23/h5-7,14,20,23-25,35H,3-4,8-13,15-19H2,1-2H3,(H,31,36)(H,32,38)(H,33,39)/t20-,24-,25-,30+/m0/s1. The van der Waals surface area contributed by atoms with E-state index in [9.17, 15) is 24.3 Å². The van der Waals surface area contributed by atoms with Gasteiger partial charge in [-0.15, -0.1) is 0 Å². The van der Waals surface area contributed by atoms with Crippen molar-refractivity contribution >= 4 is 23.5 Å². The first-order chi connectivity index (χ1) is 19.7. The van der Waals surface area contributed by atoms with Gasteiger partial charge >= 0.3 is 0 Å². The normalized spacial score (nSPS) is 23.3. The number of carbonyl (C=O) groups is 4. The predicted molar refractivity (Wildman–Crippen MR) is 151 cm³/mol. The number of carbonyl (C=O) groups excluding carboxylic acids is 4. The Balaban J connectivity index is 1.44. The number of amides is 3. The van der Waals surface area contributed by atoms with Crippen molar-refractivity contribution in [1.29, 1.82) is 0 Å². The molecule has 4 atom stereocenters. The van der Waals surface area contributed by atoms with Crippen molar-refractivity contribution in [2.45, 2.75) is 82.7 Å². The smallest absolute Gasteiger partial charge is 0.243 e. The Morgan fingerprint density at radius 1 is 1.02 bits per heavy atom. The molecule has 0 unspecified atom stereocenters. The van der Waals surface area contributed by atoms with Crippen LogP contribution in [-0.2, 0) is 41.7 Å². The zero-order valence-electron chi connectivity index (χ0n) is 24.2. The second-order valence-corrected chi connectivity index (χ2v) is 11.8. The molecule has 41 heavy (non-hydrogen) atoms. The minimum atomic E-state index is -0.998. The molecule has 0 spiro atoms. The monoisotopic (exact) mass is 572 g/mol. The number of ether oxygens (including phenoxy) is 2. The van der Waals surface area contributed by atoms with E-state index in [1.165, 1.54) is 0 Å². The van der Waals surface area contributed by atoms with Crippen LogP contribution in [0.25, 0.3) is 0 Å². The fourth-order valence-electron chi connectivity index (χ4n) is 5.57. The van der Waals surface area contributed by atoms with Crippen LogP contribution in [0.5, 0.6) is 0 Å². The minimum absolute atomic E-state index is 0.0173. The molecule has 2 saturated heterocycles. The maximum absolute atomic E-state index is 13.7. The van der Waals surface area contributed by atoms with Crippen LogP contribution in [0, 0.1) is 5.92 Å². The molecule has 4 rings (SSSR count). The maximum atomic E-state index is 13.7. The molecule has 0 bridgehead atoms. The molecule has 4 N–H and O–H groups in total. The molecule has 1 aromatic rings. The van der Waals surface area contributed by atoms with Gasteiger partial charge in [-0.2, -0.15) is 0 Å². The molecule has 2 aliphatic heterocycles. The summed E-state index contributed by atoms with van der Waals surface area (Å²) >= 11 is 0. The quantitative estimate of drug-likeness (QED) is 0.235. The number of nitrogens with one attached hydrogen (secondary N) is 3. The summed E-state index contributed by atoms with van der Waals surface area (Å²) in [6, 6.07) is 4.56. The first-order valence-corrected chi connectivity index (χ1v) is 14.7. The first kappa shape index (κ1) is 31.1. The molecule has 3 fully saturated rings. The van der Waals surface area contributed by atoms with Gasteiger partial charge in [-0.05, 0) is 37.8 Å². The van der Waals surface area contributed by atoms with Crippen LogP contribution in [0.4, 0.5) is 0 Å². The Morgan fingerprint density at radius 3 is 2.34 bits per heavy atom. The number of Topliss-reactive ketones (excluding diaryl/α,β-unsaturated/α-hetero) is 1. The molecule has 2 heterocycles. The lowest BCUT2D eigenvalue weighted by molar-refractivity contribution is -0.134. The molecule has 1 saturated carbocycles. The zero-order chi connectivity index (χ0) is 29.4. The number of nitrogens with zero attached hydrogens (tertiary/aromatic N) is 1. The van der Waals surface area contributed by atoms with Crippen molar-refractivity contribution in [3.63, 3.8) is 0 Å². The van der Waals surface area contributed by atoms with Gasteiger partial charge in [-0.3, -0.25) is 24.1 Å². The second kappa shape index (κ2) is 14.4. The fraction of sp³-hybridized carbons (Fsp3) is 0.667. The number of aliphatic hydroxyl groups is 1. The van der Waals surface area contributed by atoms with Crippen LogP contribution >= 0.6 is 0 Å². The Hall–Kier alpha value is -2.86. The largest absolute Gasteiger partial charge is 0.392 e. The summed E-state index contributed by atoms with van der Waals surface area (Å²) in [7, 11) is 0. The molecule has 11 heteroatoms. The number of epoxide rings is 1. The Kier molecular flexibility index (Phi) is 10.9. The van der Waals surface area contributed by atoms with Gasteiger partial charge < -0.3 is 30.5 Å². The number of hydrogen-bond donors (Lipinski definition) is 4. The van der Waals surface area contributed by atoms with Gasteiger partial charge in [0, 0.05) is 31.8 Å². The topological polar surface area (TPSA) is 150 Å². The predicted octanol–water partition coefficient (Wildman–Crippen LogP) is 0.466. The first-order valence-electron chi connectivity index (χ1n) is 14.7. The summed E-state index contributed by atoms with van der Waals surface area (Å²) in [5.74, 6) is -1.33. The summed E-state index contributed by atoms with van der Waals surface area (Å²) < 4.78 is 10.9. The average molecular weight is 573 g/mol. The van der Waals surface area contributed by atoms with Gasteiger partial charge in [0.15, 0.2) is 5.78 Å². The number of ketones is 1. The van der Waals surface area contributed by atoms with Gasteiger partial charge in [0.1, 0.15) is 12.1 Å². The Morgan fingerprint density at radius 2 is 1.68 bits per heavy atom. The lowest BCUT2D eigenvalue weighted by Crippen LogP contribution is -2.57. The molecule has 226 valence electrons. The van der Waals surface area contributed by atoms with E-state index in [0.717, 1.165) is 31.2 Å². The van der Waals surface area contributed by atoms with Gasteiger partial charge in [0.05, 0.1) is 44.6 Å². The molecule has 0 radical (unpaired) electrons. The third-order valence-electron chi connectivity index (χ3n) is 8.18. The van der Waals surface area contributed by atoms with E-state index >= 15 is 0 Å². The molecule has 1 aromatic carbocycles. The third kappa shape index (κ3) is 9.32. The van der Waals surface area contributed by atoms with Crippen molar-refractivity contribution in [3.05, 3.63) is 35.4 Å². The summed E-state index contributed by atoms with van der Waals surface area (Å²) in [6.45, 7) is 6.46. The van der Waals surface area contributed by atoms with Gasteiger partial charge in [0.2, 0.25) is 17.7 Å². The molecular formula is C30H44N4O7. The third-order valence-corrected chi connectivity index (χ3v) is 8.18. The van der Waals surface area contributed by atoms with E-state index in [0.29, 0.717) is 44.9 Å². The minimum Gasteiger partial charge on any atom is -0.392 e. The van der Waals surface area contributed by atoms with Crippen LogP contribution in [0.1, 0.15) is 57.1 Å². The van der Waals surface area contributed by atoms with E-state index in [2.05, 4.69) is 16.0 Å². The SMILES string of the molecule is C[C@H](NC(=O)CN1CCOCC1)C(=O)N[C@@H](Cc1cccc(CO)c1)C(=O)N[C@@H](C[C@]1(C)CO1)C(=O)C1CCCC1. The number of hydrogen-bond acceptors (Lipinski definition) is 8. The summed E-state index contributed by atoms with van der Waals surface area (Å²) in [5, 5.41) is 18.0. The summed E-state index contributed by atoms with van der Waals surface area (Å²) in [6.07, 6.45) is 4.16. The maximum Gasteiger partial charge on any atom is 0.243 e. The van der Waals surface area contributed by atoms with Crippen molar-refractivity contribution in [1.82, 2.24) is 20.9 Å². The van der Waals surface area contributed by atoms with Gasteiger partial charge in [-0.1, -0.05) is 37.1 Å². The fourth-order valence-corrected chi connectivity index (χ4v) is 5.57. The number of benzene rings is 1. The van der Waals surface area contributed by atoms with Crippen molar-refractivity contribution in [2.75, 3.05) is 39.5 Å². The van der Waals surface area contributed by atoms with Crippen molar-refractivity contribution in [3.8, 4) is 0 Å². The van der Waals surface area contributed by atoms with Crippen molar-refractivity contribution in [2.24, 2.45) is 5.92 Å². The molecule has 1 aliphatic carbocycles. The van der Waals surface area contributed by atoms with E-state index in [1.807, 2.05) is 17.9 Å². The molecular weight excluding hydrogens is 528 g/mol. The van der Waals surface area contributed by atoms with E-state index < -0.39 is 35.5 Å². The highest BCUT2D eigenvalue weighted by Gasteiger charge is 2.45. The van der Waals surface area contributed by atoms with Crippen LogP contribution in [-0.4, -0.2) is 96.7 Å². The lowest BCUT2D eigenvalue weighted by atomic mass is 9.90. The summed E-state index contributed by atoms with van der Waals surface area (Å²) in [5.41, 5.74) is 0.988. The van der Waals surface area contributed by atoms with E-state index in [-0.39, 0.29) is 37.2 Å². The molecule has 11 nitrogen and oxygen atoms in total. The van der Waals surface area contributed by atoms with Crippen LogP contribution in [0.15, 0.2) is 24.3 Å². The molecule has 3 amide bonds. The highest BCUT2D eigenvalue weighted by Crippen LogP contribution is 2.34. The molecule has 3 aliphatic rings. The van der Waals surface area contributed by atoms with Crippen LogP contribution in [0.2, 0.25) is 0 Å².